The fourth-order valence-corrected chi connectivity index (χ4v) is 3.55. The number of amides is 3. The standard InChI is InChI=1S/C20H19Cl3N2O3.C3H7NO/c1-12(26)24-13-2-4-17(21)16(10-13)20(27)25-8-6-14(7-9-25)28-15-3-5-18(22)19(23)11-15;1-4(2)3-5/h2-5,10-11,14H,6-9H2,1H3,(H,24,26);3H,1-2H3. The van der Waals surface area contributed by atoms with Crippen molar-refractivity contribution in [2.75, 3.05) is 32.5 Å². The average molecular weight is 515 g/mol. The average Bonchev–Trinajstić information content (AvgIpc) is 2.78. The number of piperidine rings is 1. The van der Waals surface area contributed by atoms with E-state index in [4.69, 9.17) is 39.5 Å². The van der Waals surface area contributed by atoms with Crippen LogP contribution in [0.3, 0.4) is 0 Å². The normalized spacial score (nSPS) is 13.5. The lowest BCUT2D eigenvalue weighted by Crippen LogP contribution is -2.41. The monoisotopic (exact) mass is 513 g/mol. The van der Waals surface area contributed by atoms with Gasteiger partial charge in [0.1, 0.15) is 11.9 Å². The van der Waals surface area contributed by atoms with Crippen LogP contribution in [0.4, 0.5) is 5.69 Å². The molecule has 33 heavy (non-hydrogen) atoms. The van der Waals surface area contributed by atoms with E-state index in [1.54, 1.807) is 55.4 Å². The Bertz CT molecular complexity index is 993. The molecule has 0 aromatic heterocycles. The Balaban J connectivity index is 0.000000696. The number of nitrogens with zero attached hydrogens (tertiary/aromatic N) is 2. The van der Waals surface area contributed by atoms with Crippen LogP contribution < -0.4 is 10.1 Å². The highest BCUT2D eigenvalue weighted by Crippen LogP contribution is 2.29. The molecule has 3 rings (SSSR count). The molecule has 0 bridgehead atoms. The van der Waals surface area contributed by atoms with Crippen LogP contribution in [0.1, 0.15) is 30.1 Å². The van der Waals surface area contributed by atoms with Gasteiger partial charge in [-0.15, -0.1) is 0 Å². The first-order valence-electron chi connectivity index (χ1n) is 10.2. The minimum absolute atomic E-state index is 0.0116. The van der Waals surface area contributed by atoms with Gasteiger partial charge in [-0.2, -0.15) is 0 Å². The van der Waals surface area contributed by atoms with Gasteiger partial charge >= 0.3 is 0 Å². The Kier molecular flexibility index (Phi) is 10.3. The number of ether oxygens (including phenoxy) is 1. The Morgan fingerprint density at radius 1 is 1.03 bits per heavy atom. The molecule has 10 heteroatoms. The maximum absolute atomic E-state index is 12.9. The molecular weight excluding hydrogens is 489 g/mol. The molecule has 3 amide bonds. The van der Waals surface area contributed by atoms with Crippen LogP contribution in [0.25, 0.3) is 0 Å². The fourth-order valence-electron chi connectivity index (χ4n) is 3.06. The predicted molar refractivity (Wildman–Crippen MR) is 132 cm³/mol. The zero-order chi connectivity index (χ0) is 24.5. The van der Waals surface area contributed by atoms with Gasteiger partial charge in [0.05, 0.1) is 20.6 Å². The van der Waals surface area contributed by atoms with Crippen LogP contribution in [0.15, 0.2) is 36.4 Å². The van der Waals surface area contributed by atoms with Crippen molar-refractivity contribution in [1.29, 1.82) is 0 Å². The lowest BCUT2D eigenvalue weighted by Gasteiger charge is -2.32. The summed E-state index contributed by atoms with van der Waals surface area (Å²) in [4.78, 5) is 36.7. The summed E-state index contributed by atoms with van der Waals surface area (Å²) in [6.45, 7) is 2.51. The Hall–Kier alpha value is -2.48. The quantitative estimate of drug-likeness (QED) is 0.570. The molecule has 1 fully saturated rings. The van der Waals surface area contributed by atoms with Crippen molar-refractivity contribution in [2.24, 2.45) is 0 Å². The minimum atomic E-state index is -0.207. The number of nitrogens with one attached hydrogen (secondary N) is 1. The highest BCUT2D eigenvalue weighted by Gasteiger charge is 2.26. The van der Waals surface area contributed by atoms with E-state index in [-0.39, 0.29) is 17.9 Å². The van der Waals surface area contributed by atoms with Crippen LogP contribution in [0.2, 0.25) is 15.1 Å². The van der Waals surface area contributed by atoms with Crippen LogP contribution in [0.5, 0.6) is 5.75 Å². The van der Waals surface area contributed by atoms with E-state index in [9.17, 15) is 14.4 Å². The molecule has 2 aromatic carbocycles. The summed E-state index contributed by atoms with van der Waals surface area (Å²) in [6.07, 6.45) is 2.12. The second-order valence-corrected chi connectivity index (χ2v) is 8.85. The first-order valence-corrected chi connectivity index (χ1v) is 11.3. The lowest BCUT2D eigenvalue weighted by atomic mass is 10.1. The Labute approximate surface area is 208 Å². The van der Waals surface area contributed by atoms with Gasteiger partial charge in [-0.1, -0.05) is 34.8 Å². The number of hydrogen-bond donors (Lipinski definition) is 1. The zero-order valence-corrected chi connectivity index (χ0v) is 20.9. The molecule has 0 aliphatic carbocycles. The van der Waals surface area contributed by atoms with E-state index < -0.39 is 0 Å². The van der Waals surface area contributed by atoms with Gasteiger partial charge < -0.3 is 19.9 Å². The molecule has 1 aliphatic rings. The molecular formula is C23H26Cl3N3O4. The van der Waals surface area contributed by atoms with Crippen molar-refractivity contribution >= 4 is 58.7 Å². The molecule has 0 saturated carbocycles. The first-order chi connectivity index (χ1) is 15.6. The number of carbonyl (C=O) groups excluding carboxylic acids is 3. The molecule has 1 aliphatic heterocycles. The van der Waals surface area contributed by atoms with Gasteiger partial charge in [-0.3, -0.25) is 14.4 Å². The Morgan fingerprint density at radius 2 is 1.64 bits per heavy atom. The van der Waals surface area contributed by atoms with E-state index >= 15 is 0 Å². The number of anilines is 1. The lowest BCUT2D eigenvalue weighted by molar-refractivity contribution is -0.116. The summed E-state index contributed by atoms with van der Waals surface area (Å²) in [5.41, 5.74) is 0.912. The van der Waals surface area contributed by atoms with Crippen molar-refractivity contribution in [3.05, 3.63) is 57.0 Å². The van der Waals surface area contributed by atoms with Gasteiger partial charge in [0.25, 0.3) is 5.91 Å². The molecule has 178 valence electrons. The predicted octanol–water partition coefficient (Wildman–Crippen LogP) is 4.99. The van der Waals surface area contributed by atoms with Crippen molar-refractivity contribution in [3.63, 3.8) is 0 Å². The highest BCUT2D eigenvalue weighted by molar-refractivity contribution is 6.42. The molecule has 0 spiro atoms. The summed E-state index contributed by atoms with van der Waals surface area (Å²) in [5.74, 6) is 0.288. The van der Waals surface area contributed by atoms with Gasteiger partial charge in [0, 0.05) is 58.7 Å². The third kappa shape index (κ3) is 8.42. The smallest absolute Gasteiger partial charge is 0.255 e. The van der Waals surface area contributed by atoms with Gasteiger partial charge in [-0.05, 0) is 30.3 Å². The van der Waals surface area contributed by atoms with Crippen LogP contribution in [-0.2, 0) is 9.59 Å². The van der Waals surface area contributed by atoms with E-state index in [1.165, 1.54) is 11.8 Å². The maximum atomic E-state index is 12.9. The van der Waals surface area contributed by atoms with Crippen molar-refractivity contribution in [1.82, 2.24) is 9.80 Å². The van der Waals surface area contributed by atoms with E-state index in [1.807, 2.05) is 0 Å². The zero-order valence-electron chi connectivity index (χ0n) is 18.6. The number of rotatable bonds is 5. The van der Waals surface area contributed by atoms with Crippen LogP contribution in [-0.4, -0.2) is 61.3 Å². The molecule has 1 heterocycles. The van der Waals surface area contributed by atoms with E-state index in [0.29, 0.717) is 58.0 Å². The third-order valence-electron chi connectivity index (χ3n) is 4.65. The second kappa shape index (κ2) is 12.7. The number of benzene rings is 2. The van der Waals surface area contributed by atoms with Crippen molar-refractivity contribution in [3.8, 4) is 5.75 Å². The van der Waals surface area contributed by atoms with Gasteiger partial charge in [0.15, 0.2) is 0 Å². The molecule has 1 N–H and O–H groups in total. The van der Waals surface area contributed by atoms with Crippen LogP contribution >= 0.6 is 34.8 Å². The van der Waals surface area contributed by atoms with Gasteiger partial charge in [-0.25, -0.2) is 0 Å². The molecule has 2 aromatic rings. The largest absolute Gasteiger partial charge is 0.490 e. The molecule has 1 saturated heterocycles. The maximum Gasteiger partial charge on any atom is 0.255 e. The number of hydrogen-bond acceptors (Lipinski definition) is 4. The van der Waals surface area contributed by atoms with E-state index in [0.717, 1.165) is 6.41 Å². The number of likely N-dealkylation sites (tertiary alicyclic amines) is 1. The van der Waals surface area contributed by atoms with Crippen LogP contribution in [0, 0.1) is 0 Å². The molecule has 0 radical (unpaired) electrons. The summed E-state index contributed by atoms with van der Waals surface area (Å²) in [7, 11) is 3.38. The summed E-state index contributed by atoms with van der Waals surface area (Å²) in [6, 6.07) is 10.0. The van der Waals surface area contributed by atoms with E-state index in [2.05, 4.69) is 5.32 Å². The summed E-state index contributed by atoms with van der Waals surface area (Å²) >= 11 is 18.1. The van der Waals surface area contributed by atoms with Crippen molar-refractivity contribution < 1.29 is 19.1 Å². The second-order valence-electron chi connectivity index (χ2n) is 7.63. The number of carbonyl (C=O) groups is 3. The third-order valence-corrected chi connectivity index (χ3v) is 5.72. The van der Waals surface area contributed by atoms with Gasteiger partial charge in [0.2, 0.25) is 12.3 Å². The fraction of sp³-hybridized carbons (Fsp3) is 0.348. The SMILES string of the molecule is CC(=O)Nc1ccc(Cl)c(C(=O)N2CCC(Oc3ccc(Cl)c(Cl)c3)CC2)c1.CN(C)C=O. The Morgan fingerprint density at radius 3 is 2.18 bits per heavy atom. The topological polar surface area (TPSA) is 79.0 Å². The minimum Gasteiger partial charge on any atom is -0.490 e. The summed E-state index contributed by atoms with van der Waals surface area (Å²) < 4.78 is 5.96. The summed E-state index contributed by atoms with van der Waals surface area (Å²) in [5, 5.41) is 3.94. The highest BCUT2D eigenvalue weighted by atomic mass is 35.5. The molecule has 0 atom stereocenters. The first kappa shape index (κ1) is 26.8. The number of halogens is 3. The molecule has 7 nitrogen and oxygen atoms in total. The van der Waals surface area contributed by atoms with Crippen molar-refractivity contribution in [2.45, 2.75) is 25.9 Å². The molecule has 0 unspecified atom stereocenters.